The van der Waals surface area contributed by atoms with Crippen LogP contribution in [-0.2, 0) is 9.59 Å². The van der Waals surface area contributed by atoms with Crippen molar-refractivity contribution in [1.82, 2.24) is 20.4 Å². The Morgan fingerprint density at radius 2 is 1.88 bits per heavy atom. The average Bonchev–Trinajstić information content (AvgIpc) is 3.01. The quantitative estimate of drug-likeness (QED) is 0.613. The predicted octanol–water partition coefficient (Wildman–Crippen LogP) is 2.77. The summed E-state index contributed by atoms with van der Waals surface area (Å²) in [4.78, 5) is 27.7. The number of benzene rings is 1. The van der Waals surface area contributed by atoms with Gasteiger partial charge in [0.1, 0.15) is 0 Å². The molecule has 0 aliphatic rings. The molecule has 0 radical (unpaired) electrons. The van der Waals surface area contributed by atoms with E-state index in [0.717, 1.165) is 10.8 Å². The number of imidazole rings is 1. The first-order valence-electron chi connectivity index (χ1n) is 8.18. The number of thioether (sulfide) groups is 1. The Labute approximate surface area is 152 Å². The number of hydrogen-bond donors (Lipinski definition) is 2. The molecule has 1 heterocycles. The number of nitrogens with zero attached hydrogens (tertiary/aromatic N) is 2. The van der Waals surface area contributed by atoms with E-state index in [4.69, 9.17) is 0 Å². The molecule has 2 aromatic rings. The van der Waals surface area contributed by atoms with Crippen LogP contribution in [0.25, 0.3) is 5.69 Å². The topological polar surface area (TPSA) is 76.0 Å². The molecule has 0 atom stereocenters. The zero-order valence-corrected chi connectivity index (χ0v) is 15.8. The number of aryl methyl sites for hydroxylation is 2. The van der Waals surface area contributed by atoms with Gasteiger partial charge < -0.3 is 0 Å². The first-order chi connectivity index (χ1) is 11.9. The third-order valence-electron chi connectivity index (χ3n) is 3.64. The van der Waals surface area contributed by atoms with Crippen molar-refractivity contribution in [2.24, 2.45) is 5.92 Å². The van der Waals surface area contributed by atoms with Gasteiger partial charge in [-0.05, 0) is 43.0 Å². The van der Waals surface area contributed by atoms with Gasteiger partial charge in [0.15, 0.2) is 5.16 Å². The summed E-state index contributed by atoms with van der Waals surface area (Å²) in [5, 5.41) is 0.729. The van der Waals surface area contributed by atoms with Crippen LogP contribution in [0.2, 0.25) is 0 Å². The summed E-state index contributed by atoms with van der Waals surface area (Å²) in [6.07, 6.45) is 3.96. The summed E-state index contributed by atoms with van der Waals surface area (Å²) in [6.45, 7) is 8.03. The molecule has 0 saturated carbocycles. The van der Waals surface area contributed by atoms with Crippen LogP contribution in [0, 0.1) is 19.8 Å². The standard InChI is InChI=1S/C18H24N4O2S/c1-12(2)9-16(23)20-21-17(24)11-25-18-19-7-8-22(18)15-6-5-13(3)14(4)10-15/h5-8,10,12H,9,11H2,1-4H3,(H,20,23)(H,21,24). The second kappa shape index (κ2) is 8.71. The molecule has 7 heteroatoms. The Kier molecular flexibility index (Phi) is 6.64. The van der Waals surface area contributed by atoms with Gasteiger partial charge in [-0.2, -0.15) is 0 Å². The Bertz CT molecular complexity index is 755. The number of rotatable bonds is 6. The zero-order valence-electron chi connectivity index (χ0n) is 15.0. The van der Waals surface area contributed by atoms with E-state index in [1.54, 1.807) is 6.20 Å². The fourth-order valence-electron chi connectivity index (χ4n) is 2.20. The van der Waals surface area contributed by atoms with Crippen molar-refractivity contribution in [2.75, 3.05) is 5.75 Å². The van der Waals surface area contributed by atoms with Crippen LogP contribution in [0.15, 0.2) is 35.7 Å². The van der Waals surface area contributed by atoms with Gasteiger partial charge in [0, 0.05) is 24.5 Å². The van der Waals surface area contributed by atoms with Gasteiger partial charge in [-0.1, -0.05) is 31.7 Å². The highest BCUT2D eigenvalue weighted by atomic mass is 32.2. The minimum atomic E-state index is -0.267. The van der Waals surface area contributed by atoms with Crippen LogP contribution < -0.4 is 10.9 Å². The summed E-state index contributed by atoms with van der Waals surface area (Å²) in [5.41, 5.74) is 8.30. The number of carbonyl (C=O) groups is 2. The lowest BCUT2D eigenvalue weighted by Crippen LogP contribution is -2.42. The molecule has 6 nitrogen and oxygen atoms in total. The van der Waals surface area contributed by atoms with Gasteiger partial charge in [-0.3, -0.25) is 25.0 Å². The molecule has 0 fully saturated rings. The Hall–Kier alpha value is -2.28. The molecule has 2 N–H and O–H groups in total. The number of aromatic nitrogens is 2. The first-order valence-corrected chi connectivity index (χ1v) is 9.17. The summed E-state index contributed by atoms with van der Waals surface area (Å²) in [7, 11) is 0. The number of amides is 2. The number of nitrogens with one attached hydrogen (secondary N) is 2. The average molecular weight is 360 g/mol. The Morgan fingerprint density at radius 3 is 2.56 bits per heavy atom. The SMILES string of the molecule is Cc1ccc(-n2ccnc2SCC(=O)NNC(=O)CC(C)C)cc1C. The predicted molar refractivity (Wildman–Crippen MR) is 99.5 cm³/mol. The Balaban J connectivity index is 1.92. The van der Waals surface area contributed by atoms with Crippen LogP contribution in [0.1, 0.15) is 31.4 Å². The third-order valence-corrected chi connectivity index (χ3v) is 4.61. The molecule has 0 aliphatic carbocycles. The Morgan fingerprint density at radius 1 is 1.16 bits per heavy atom. The summed E-state index contributed by atoms with van der Waals surface area (Å²) >= 11 is 1.32. The molecule has 1 aromatic heterocycles. The highest BCUT2D eigenvalue weighted by Gasteiger charge is 2.11. The van der Waals surface area contributed by atoms with Crippen molar-refractivity contribution in [3.8, 4) is 5.69 Å². The van der Waals surface area contributed by atoms with Gasteiger partial charge in [-0.15, -0.1) is 0 Å². The van der Waals surface area contributed by atoms with Crippen molar-refractivity contribution in [1.29, 1.82) is 0 Å². The molecule has 2 rings (SSSR count). The van der Waals surface area contributed by atoms with Crippen molar-refractivity contribution in [2.45, 2.75) is 39.3 Å². The number of carbonyl (C=O) groups excluding carboxylic acids is 2. The van der Waals surface area contributed by atoms with E-state index in [1.165, 1.54) is 22.9 Å². The lowest BCUT2D eigenvalue weighted by atomic mass is 10.1. The van der Waals surface area contributed by atoms with Gasteiger partial charge in [0.25, 0.3) is 0 Å². The highest BCUT2D eigenvalue weighted by molar-refractivity contribution is 7.99. The van der Waals surface area contributed by atoms with E-state index < -0.39 is 0 Å². The molecule has 25 heavy (non-hydrogen) atoms. The number of hydrogen-bond acceptors (Lipinski definition) is 4. The van der Waals surface area contributed by atoms with Crippen molar-refractivity contribution < 1.29 is 9.59 Å². The lowest BCUT2D eigenvalue weighted by Gasteiger charge is -2.10. The second-order valence-corrected chi connectivity index (χ2v) is 7.27. The molecular formula is C18H24N4O2S. The zero-order chi connectivity index (χ0) is 18.4. The van der Waals surface area contributed by atoms with E-state index >= 15 is 0 Å². The highest BCUT2D eigenvalue weighted by Crippen LogP contribution is 2.21. The molecule has 2 amide bonds. The fraction of sp³-hybridized carbons (Fsp3) is 0.389. The molecule has 0 saturated heterocycles. The largest absolute Gasteiger partial charge is 0.295 e. The monoisotopic (exact) mass is 360 g/mol. The molecular weight excluding hydrogens is 336 g/mol. The first kappa shape index (κ1) is 19.1. The maximum atomic E-state index is 11.9. The van der Waals surface area contributed by atoms with Gasteiger partial charge >= 0.3 is 0 Å². The minimum absolute atomic E-state index is 0.170. The van der Waals surface area contributed by atoms with Gasteiger partial charge in [0.2, 0.25) is 11.8 Å². The third kappa shape index (κ3) is 5.63. The van der Waals surface area contributed by atoms with Crippen LogP contribution in [-0.4, -0.2) is 27.1 Å². The maximum absolute atomic E-state index is 11.9. The van der Waals surface area contributed by atoms with Gasteiger partial charge in [-0.25, -0.2) is 4.98 Å². The summed E-state index contributed by atoms with van der Waals surface area (Å²) in [5.74, 6) is -0.0393. The van der Waals surface area contributed by atoms with Crippen LogP contribution in [0.5, 0.6) is 0 Å². The van der Waals surface area contributed by atoms with E-state index in [2.05, 4.69) is 41.8 Å². The normalized spacial score (nSPS) is 10.8. The number of hydrazine groups is 1. The molecule has 0 unspecified atom stereocenters. The fourth-order valence-corrected chi connectivity index (χ4v) is 2.97. The van der Waals surface area contributed by atoms with Crippen LogP contribution >= 0.6 is 11.8 Å². The summed E-state index contributed by atoms with van der Waals surface area (Å²) in [6, 6.07) is 6.18. The molecule has 0 spiro atoms. The van der Waals surface area contributed by atoms with Crippen molar-refractivity contribution in [3.63, 3.8) is 0 Å². The minimum Gasteiger partial charge on any atom is -0.295 e. The van der Waals surface area contributed by atoms with E-state index in [0.29, 0.717) is 6.42 Å². The molecule has 0 bridgehead atoms. The van der Waals surface area contributed by atoms with Crippen molar-refractivity contribution in [3.05, 3.63) is 41.7 Å². The maximum Gasteiger partial charge on any atom is 0.248 e. The smallest absolute Gasteiger partial charge is 0.248 e. The van der Waals surface area contributed by atoms with Crippen molar-refractivity contribution >= 4 is 23.6 Å². The molecule has 134 valence electrons. The van der Waals surface area contributed by atoms with E-state index in [9.17, 15) is 9.59 Å². The van der Waals surface area contributed by atoms with Gasteiger partial charge in [0.05, 0.1) is 5.75 Å². The second-order valence-electron chi connectivity index (χ2n) is 6.33. The summed E-state index contributed by atoms with van der Waals surface area (Å²) < 4.78 is 1.95. The lowest BCUT2D eigenvalue weighted by molar-refractivity contribution is -0.128. The van der Waals surface area contributed by atoms with Crippen LogP contribution in [0.3, 0.4) is 0 Å². The van der Waals surface area contributed by atoms with E-state index in [1.807, 2.05) is 30.7 Å². The van der Waals surface area contributed by atoms with E-state index in [-0.39, 0.29) is 23.5 Å². The van der Waals surface area contributed by atoms with Crippen LogP contribution in [0.4, 0.5) is 0 Å². The molecule has 1 aromatic carbocycles. The molecule has 0 aliphatic heterocycles.